The zero-order valence-corrected chi connectivity index (χ0v) is 21.6. The number of nitrogens with zero attached hydrogens (tertiary/aromatic N) is 5. The lowest BCUT2D eigenvalue weighted by atomic mass is 9.77. The second kappa shape index (κ2) is 11.1. The van der Waals surface area contributed by atoms with Crippen molar-refractivity contribution in [2.45, 2.75) is 46.2 Å². The van der Waals surface area contributed by atoms with E-state index in [4.69, 9.17) is 16.3 Å². The Kier molecular flexibility index (Phi) is 8.17. The van der Waals surface area contributed by atoms with E-state index in [1.54, 1.807) is 0 Å². The Morgan fingerprint density at radius 3 is 2.74 bits per heavy atom. The molecule has 0 bridgehead atoms. The summed E-state index contributed by atoms with van der Waals surface area (Å²) in [5.74, 6) is 2.14. The van der Waals surface area contributed by atoms with E-state index in [0.29, 0.717) is 13.0 Å². The molecule has 1 aromatic heterocycles. The van der Waals surface area contributed by atoms with Crippen molar-refractivity contribution < 1.29 is 9.53 Å². The number of imidazole rings is 1. The van der Waals surface area contributed by atoms with E-state index in [1.165, 1.54) is 0 Å². The Hall–Kier alpha value is -2.09. The van der Waals surface area contributed by atoms with Gasteiger partial charge in [0.05, 0.1) is 13.2 Å². The van der Waals surface area contributed by atoms with Gasteiger partial charge in [-0.25, -0.2) is 4.98 Å². The van der Waals surface area contributed by atoms with Gasteiger partial charge in [0.2, 0.25) is 5.91 Å². The smallest absolute Gasteiger partial charge is 0.223 e. The number of hydrogen-bond acceptors (Lipinski definition) is 5. The first-order valence-corrected chi connectivity index (χ1v) is 12.8. The van der Waals surface area contributed by atoms with Gasteiger partial charge < -0.3 is 19.1 Å². The molecule has 7 nitrogen and oxygen atoms in total. The summed E-state index contributed by atoms with van der Waals surface area (Å²) in [5.41, 5.74) is 0.772. The second-order valence-corrected chi connectivity index (χ2v) is 10.4. The van der Waals surface area contributed by atoms with E-state index in [2.05, 4.69) is 33.3 Å². The molecular weight excluding hydrogens is 450 g/mol. The quantitative estimate of drug-likeness (QED) is 0.568. The Morgan fingerprint density at radius 1 is 1.21 bits per heavy atom. The topological polar surface area (TPSA) is 53.8 Å². The van der Waals surface area contributed by atoms with Gasteiger partial charge in [-0.3, -0.25) is 9.69 Å². The summed E-state index contributed by atoms with van der Waals surface area (Å²) in [6.45, 7) is 11.7. The molecule has 1 atom stereocenters. The first-order chi connectivity index (χ1) is 16.4. The number of carbonyl (C=O) groups is 1. The number of piperazine rings is 1. The lowest BCUT2D eigenvalue weighted by molar-refractivity contribution is -0.137. The highest BCUT2D eigenvalue weighted by molar-refractivity contribution is 6.31. The van der Waals surface area contributed by atoms with Crippen LogP contribution >= 0.6 is 11.6 Å². The molecule has 2 fully saturated rings. The second-order valence-electron chi connectivity index (χ2n) is 10.0. The van der Waals surface area contributed by atoms with Crippen molar-refractivity contribution in [1.82, 2.24) is 24.3 Å². The molecule has 0 unspecified atom stereocenters. The molecule has 1 amide bonds. The molecule has 8 heteroatoms. The minimum Gasteiger partial charge on any atom is -0.493 e. The fourth-order valence-electron chi connectivity index (χ4n) is 5.17. The molecule has 2 aromatic rings. The van der Waals surface area contributed by atoms with Crippen LogP contribution in [-0.4, -0.2) is 83.1 Å². The molecule has 186 valence electrons. The van der Waals surface area contributed by atoms with Gasteiger partial charge in [0.1, 0.15) is 11.6 Å². The Labute approximate surface area is 208 Å². The number of amides is 1. The van der Waals surface area contributed by atoms with Gasteiger partial charge in [0.25, 0.3) is 0 Å². The SMILES string of the molecule is CCn1ccnc1CN1CCC[C@](COc2ccc(Cl)c(C)c2)(CC(=O)N2CCN(C)CC2)C1. The molecule has 3 heterocycles. The summed E-state index contributed by atoms with van der Waals surface area (Å²) in [7, 11) is 2.12. The molecule has 0 radical (unpaired) electrons. The highest BCUT2D eigenvalue weighted by Gasteiger charge is 2.40. The van der Waals surface area contributed by atoms with Gasteiger partial charge in [0.15, 0.2) is 0 Å². The monoisotopic (exact) mass is 487 g/mol. The van der Waals surface area contributed by atoms with Gasteiger partial charge in [-0.1, -0.05) is 11.6 Å². The Bertz CT molecular complexity index is 972. The first-order valence-electron chi connectivity index (χ1n) is 12.4. The lowest BCUT2D eigenvalue weighted by Gasteiger charge is -2.43. The van der Waals surface area contributed by atoms with Crippen molar-refractivity contribution in [1.29, 1.82) is 0 Å². The maximum atomic E-state index is 13.4. The maximum absolute atomic E-state index is 13.4. The highest BCUT2D eigenvalue weighted by Crippen LogP contribution is 2.36. The van der Waals surface area contributed by atoms with Gasteiger partial charge in [-0.05, 0) is 64.0 Å². The molecule has 0 saturated carbocycles. The average Bonchev–Trinajstić information content (AvgIpc) is 3.27. The van der Waals surface area contributed by atoms with Gasteiger partial charge in [-0.2, -0.15) is 0 Å². The van der Waals surface area contributed by atoms with Crippen molar-refractivity contribution in [2.75, 3.05) is 52.9 Å². The summed E-state index contributed by atoms with van der Waals surface area (Å²) in [5, 5.41) is 0.738. The summed E-state index contributed by atoms with van der Waals surface area (Å²) in [4.78, 5) is 24.8. The predicted molar refractivity (Wildman–Crippen MR) is 135 cm³/mol. The van der Waals surface area contributed by atoms with E-state index in [9.17, 15) is 4.79 Å². The summed E-state index contributed by atoms with van der Waals surface area (Å²) >= 11 is 6.21. The van der Waals surface area contributed by atoms with Crippen molar-refractivity contribution >= 4 is 17.5 Å². The number of rotatable bonds is 8. The number of aromatic nitrogens is 2. The summed E-state index contributed by atoms with van der Waals surface area (Å²) in [6, 6.07) is 5.78. The Morgan fingerprint density at radius 2 is 2.00 bits per heavy atom. The van der Waals surface area contributed by atoms with Crippen LogP contribution in [0.1, 0.15) is 37.6 Å². The van der Waals surface area contributed by atoms with Crippen LogP contribution in [0.15, 0.2) is 30.6 Å². The summed E-state index contributed by atoms with van der Waals surface area (Å²) < 4.78 is 8.53. The predicted octanol–water partition coefficient (Wildman–Crippen LogP) is 3.69. The van der Waals surface area contributed by atoms with Crippen LogP contribution in [0.2, 0.25) is 5.02 Å². The zero-order chi connectivity index (χ0) is 24.1. The number of likely N-dealkylation sites (N-methyl/N-ethyl adjacent to an activating group) is 1. The third-order valence-corrected chi connectivity index (χ3v) is 7.73. The molecule has 34 heavy (non-hydrogen) atoms. The molecule has 1 aromatic carbocycles. The molecule has 0 aliphatic carbocycles. The Balaban J connectivity index is 1.49. The largest absolute Gasteiger partial charge is 0.493 e. The fourth-order valence-corrected chi connectivity index (χ4v) is 5.29. The highest BCUT2D eigenvalue weighted by atomic mass is 35.5. The standard InChI is InChI=1S/C26H38ClN5O2/c1-4-31-11-9-28-24(31)18-30-10-5-8-26(19-30,17-25(33)32-14-12-29(3)13-15-32)20-34-22-6-7-23(27)21(2)16-22/h6-7,9,11,16H,4-5,8,10,12-15,17-20H2,1-3H3/t26-/m0/s1. The van der Waals surface area contributed by atoms with E-state index in [-0.39, 0.29) is 11.3 Å². The fraction of sp³-hybridized carbons (Fsp3) is 0.615. The van der Waals surface area contributed by atoms with E-state index < -0.39 is 0 Å². The van der Waals surface area contributed by atoms with Crippen molar-refractivity contribution in [3.8, 4) is 5.75 Å². The van der Waals surface area contributed by atoms with Crippen LogP contribution in [0.25, 0.3) is 0 Å². The number of piperidine rings is 1. The number of aryl methyl sites for hydroxylation is 2. The molecule has 2 aliphatic rings. The molecule has 0 N–H and O–H groups in total. The number of benzene rings is 1. The number of likely N-dealkylation sites (tertiary alicyclic amines) is 1. The molecule has 0 spiro atoms. The third-order valence-electron chi connectivity index (χ3n) is 7.30. The summed E-state index contributed by atoms with van der Waals surface area (Å²) in [6.07, 6.45) is 6.46. The molecular formula is C26H38ClN5O2. The van der Waals surface area contributed by atoms with Crippen LogP contribution in [0.5, 0.6) is 5.75 Å². The van der Waals surface area contributed by atoms with E-state index in [0.717, 1.165) is 87.4 Å². The number of hydrogen-bond donors (Lipinski definition) is 0. The van der Waals surface area contributed by atoms with Crippen molar-refractivity contribution in [3.63, 3.8) is 0 Å². The number of halogens is 1. The molecule has 4 rings (SSSR count). The molecule has 2 aliphatic heterocycles. The average molecular weight is 488 g/mol. The number of ether oxygens (including phenoxy) is 1. The van der Waals surface area contributed by atoms with E-state index >= 15 is 0 Å². The lowest BCUT2D eigenvalue weighted by Crippen LogP contribution is -2.52. The van der Waals surface area contributed by atoms with Crippen LogP contribution in [0, 0.1) is 12.3 Å². The van der Waals surface area contributed by atoms with Gasteiger partial charge >= 0.3 is 0 Å². The van der Waals surface area contributed by atoms with Crippen LogP contribution in [0.4, 0.5) is 0 Å². The normalized spacial score (nSPS) is 22.2. The minimum atomic E-state index is -0.226. The zero-order valence-electron chi connectivity index (χ0n) is 20.8. The van der Waals surface area contributed by atoms with Gasteiger partial charge in [-0.15, -0.1) is 0 Å². The van der Waals surface area contributed by atoms with E-state index in [1.807, 2.05) is 42.4 Å². The van der Waals surface area contributed by atoms with Crippen LogP contribution in [0.3, 0.4) is 0 Å². The molecule has 2 saturated heterocycles. The van der Waals surface area contributed by atoms with Gasteiger partial charge in [0, 0.05) is 68.5 Å². The van der Waals surface area contributed by atoms with Crippen LogP contribution < -0.4 is 4.74 Å². The van der Waals surface area contributed by atoms with Crippen molar-refractivity contribution in [3.05, 3.63) is 47.0 Å². The minimum absolute atomic E-state index is 0.226. The maximum Gasteiger partial charge on any atom is 0.223 e. The van der Waals surface area contributed by atoms with Crippen molar-refractivity contribution in [2.24, 2.45) is 5.41 Å². The third kappa shape index (κ3) is 6.12. The first kappa shape index (κ1) is 25.0. The number of carbonyl (C=O) groups excluding carboxylic acids is 1. The van der Waals surface area contributed by atoms with Crippen LogP contribution in [-0.2, 0) is 17.9 Å².